The van der Waals surface area contributed by atoms with Crippen LogP contribution in [-0.4, -0.2) is 27.6 Å². The normalized spacial score (nSPS) is 10.4. The first-order valence-corrected chi connectivity index (χ1v) is 5.44. The fraction of sp³-hybridized carbons (Fsp3) is 0.400. The van der Waals surface area contributed by atoms with Gasteiger partial charge >= 0.3 is 9.92 Å². The fourth-order valence-electron chi connectivity index (χ4n) is 0.958. The molecule has 0 atom stereocenters. The molecule has 0 bridgehead atoms. The second-order valence-corrected chi connectivity index (χ2v) is 3.70. The Balaban J connectivity index is 2.34. The van der Waals surface area contributed by atoms with E-state index in [2.05, 4.69) is 18.4 Å². The lowest BCUT2D eigenvalue weighted by Crippen LogP contribution is -2.31. The van der Waals surface area contributed by atoms with Crippen LogP contribution in [0, 0.1) is 0 Å². The largest absolute Gasteiger partial charge is 0.527 e. The van der Waals surface area contributed by atoms with Gasteiger partial charge in [-0.2, -0.15) is 0 Å². The maximum Gasteiger partial charge on any atom is 0.425 e. The van der Waals surface area contributed by atoms with Gasteiger partial charge in [-0.25, -0.2) is 0 Å². The van der Waals surface area contributed by atoms with Crippen molar-refractivity contribution in [3.8, 4) is 5.75 Å². The molecule has 0 aliphatic carbocycles. The van der Waals surface area contributed by atoms with Crippen molar-refractivity contribution in [2.24, 2.45) is 0 Å². The summed E-state index contributed by atoms with van der Waals surface area (Å²) in [5.41, 5.74) is 0. The highest BCUT2D eigenvalue weighted by Crippen LogP contribution is 2.07. The third kappa shape index (κ3) is 3.61. The van der Waals surface area contributed by atoms with E-state index < -0.39 is 0 Å². The van der Waals surface area contributed by atoms with Gasteiger partial charge in [0.1, 0.15) is 5.75 Å². The van der Waals surface area contributed by atoms with Gasteiger partial charge in [-0.1, -0.05) is 32.0 Å². The molecule has 0 heterocycles. The van der Waals surface area contributed by atoms with Gasteiger partial charge in [0.05, 0.1) is 0 Å². The molecule has 0 fully saturated rings. The first-order chi connectivity index (χ1) is 6.36. The van der Waals surface area contributed by atoms with Crippen LogP contribution in [0.1, 0.15) is 13.8 Å². The van der Waals surface area contributed by atoms with Gasteiger partial charge in [-0.3, -0.25) is 4.57 Å². The van der Waals surface area contributed by atoms with Crippen LogP contribution in [0.15, 0.2) is 30.3 Å². The molecule has 70 valence electrons. The molecular formula is C10H15NOSi. The SMILES string of the molecule is CCN(CC)[Si]Oc1ccccc1. The number of benzene rings is 1. The molecule has 0 saturated carbocycles. The van der Waals surface area contributed by atoms with Crippen molar-refractivity contribution in [3.63, 3.8) is 0 Å². The molecule has 0 aliphatic rings. The summed E-state index contributed by atoms with van der Waals surface area (Å²) in [5, 5.41) is 0. The smallest absolute Gasteiger partial charge is 0.425 e. The number of hydrogen-bond acceptors (Lipinski definition) is 2. The summed E-state index contributed by atoms with van der Waals surface area (Å²) in [6.45, 7) is 6.37. The van der Waals surface area contributed by atoms with E-state index in [1.807, 2.05) is 30.3 Å². The van der Waals surface area contributed by atoms with Crippen LogP contribution in [0.4, 0.5) is 0 Å². The first-order valence-electron chi connectivity index (χ1n) is 4.59. The van der Waals surface area contributed by atoms with Crippen LogP contribution in [0.2, 0.25) is 0 Å². The van der Waals surface area contributed by atoms with Crippen LogP contribution in [0.25, 0.3) is 0 Å². The Bertz CT molecular complexity index is 224. The van der Waals surface area contributed by atoms with E-state index in [1.54, 1.807) is 0 Å². The molecule has 1 aromatic rings. The minimum absolute atomic E-state index is 0.434. The Morgan fingerprint density at radius 1 is 1.15 bits per heavy atom. The topological polar surface area (TPSA) is 12.5 Å². The quantitative estimate of drug-likeness (QED) is 0.663. The molecule has 2 nitrogen and oxygen atoms in total. The van der Waals surface area contributed by atoms with Crippen molar-refractivity contribution in [1.29, 1.82) is 0 Å². The van der Waals surface area contributed by atoms with Crippen molar-refractivity contribution in [3.05, 3.63) is 30.3 Å². The summed E-state index contributed by atoms with van der Waals surface area (Å²) in [6, 6.07) is 9.93. The van der Waals surface area contributed by atoms with Crippen molar-refractivity contribution in [1.82, 2.24) is 4.57 Å². The fourth-order valence-corrected chi connectivity index (χ4v) is 1.59. The van der Waals surface area contributed by atoms with E-state index in [0.29, 0.717) is 9.92 Å². The third-order valence-corrected chi connectivity index (χ3v) is 3.02. The van der Waals surface area contributed by atoms with E-state index >= 15 is 0 Å². The Hall–Kier alpha value is -0.803. The molecule has 0 N–H and O–H groups in total. The van der Waals surface area contributed by atoms with E-state index in [0.717, 1.165) is 18.8 Å². The maximum atomic E-state index is 5.60. The maximum absolute atomic E-state index is 5.60. The van der Waals surface area contributed by atoms with Crippen molar-refractivity contribution in [2.45, 2.75) is 13.8 Å². The molecule has 0 aromatic heterocycles. The molecule has 0 amide bonds. The lowest BCUT2D eigenvalue weighted by molar-refractivity contribution is 0.422. The molecule has 2 radical (unpaired) electrons. The van der Waals surface area contributed by atoms with Crippen LogP contribution in [0.5, 0.6) is 5.75 Å². The van der Waals surface area contributed by atoms with Crippen molar-refractivity contribution < 1.29 is 4.43 Å². The van der Waals surface area contributed by atoms with Crippen LogP contribution < -0.4 is 4.43 Å². The molecule has 0 aliphatic heterocycles. The zero-order chi connectivity index (χ0) is 9.52. The van der Waals surface area contributed by atoms with Gasteiger partial charge in [-0.15, -0.1) is 0 Å². The van der Waals surface area contributed by atoms with Crippen LogP contribution in [0.3, 0.4) is 0 Å². The monoisotopic (exact) mass is 193 g/mol. The molecule has 0 spiro atoms. The van der Waals surface area contributed by atoms with Crippen LogP contribution in [-0.2, 0) is 0 Å². The highest BCUT2D eigenvalue weighted by Gasteiger charge is 2.03. The zero-order valence-corrected chi connectivity index (χ0v) is 9.16. The van der Waals surface area contributed by atoms with Gasteiger partial charge in [0.15, 0.2) is 0 Å². The minimum Gasteiger partial charge on any atom is -0.527 e. The summed E-state index contributed by atoms with van der Waals surface area (Å²) < 4.78 is 7.86. The highest BCUT2D eigenvalue weighted by atomic mass is 28.2. The lowest BCUT2D eigenvalue weighted by Gasteiger charge is -2.15. The van der Waals surface area contributed by atoms with Crippen molar-refractivity contribution in [2.75, 3.05) is 13.1 Å². The number of nitrogens with zero attached hydrogens (tertiary/aromatic N) is 1. The molecule has 0 saturated heterocycles. The van der Waals surface area contributed by atoms with E-state index in [1.165, 1.54) is 0 Å². The first kappa shape index (κ1) is 10.3. The molecule has 3 heteroatoms. The average molecular weight is 193 g/mol. The Morgan fingerprint density at radius 3 is 2.31 bits per heavy atom. The molecule has 1 aromatic carbocycles. The predicted molar refractivity (Wildman–Crippen MR) is 55.7 cm³/mol. The number of rotatable bonds is 5. The van der Waals surface area contributed by atoms with E-state index in [9.17, 15) is 0 Å². The van der Waals surface area contributed by atoms with E-state index in [-0.39, 0.29) is 0 Å². The second kappa shape index (κ2) is 5.78. The molecular weight excluding hydrogens is 178 g/mol. The minimum atomic E-state index is 0.434. The number of hydrogen-bond donors (Lipinski definition) is 0. The second-order valence-electron chi connectivity index (χ2n) is 2.68. The van der Waals surface area contributed by atoms with Gasteiger partial charge in [0.25, 0.3) is 0 Å². The predicted octanol–water partition coefficient (Wildman–Crippen LogP) is 1.94. The summed E-state index contributed by atoms with van der Waals surface area (Å²) in [6.07, 6.45) is 0. The summed E-state index contributed by atoms with van der Waals surface area (Å²) >= 11 is 0. The molecule has 13 heavy (non-hydrogen) atoms. The average Bonchev–Trinajstić information content (AvgIpc) is 2.21. The molecule has 0 unspecified atom stereocenters. The van der Waals surface area contributed by atoms with Crippen LogP contribution >= 0.6 is 0 Å². The Morgan fingerprint density at radius 2 is 1.77 bits per heavy atom. The highest BCUT2D eigenvalue weighted by molar-refractivity contribution is 6.24. The third-order valence-electron chi connectivity index (χ3n) is 1.80. The summed E-state index contributed by atoms with van der Waals surface area (Å²) in [4.78, 5) is 0. The van der Waals surface area contributed by atoms with E-state index in [4.69, 9.17) is 4.43 Å². The van der Waals surface area contributed by atoms with Gasteiger partial charge < -0.3 is 4.43 Å². The van der Waals surface area contributed by atoms with Gasteiger partial charge in [0.2, 0.25) is 0 Å². The summed E-state index contributed by atoms with van der Waals surface area (Å²) in [5.74, 6) is 0.952. The van der Waals surface area contributed by atoms with Crippen molar-refractivity contribution >= 4 is 9.92 Å². The number of para-hydroxylation sites is 1. The van der Waals surface area contributed by atoms with Gasteiger partial charge in [0, 0.05) is 0 Å². The standard InChI is InChI=1S/C10H15NOSi/c1-3-11(4-2)13-12-10-8-6-5-7-9-10/h5-9H,3-4H2,1-2H3. The summed E-state index contributed by atoms with van der Waals surface area (Å²) in [7, 11) is 0.434. The lowest BCUT2D eigenvalue weighted by atomic mass is 10.3. The Kier molecular flexibility index (Phi) is 4.57. The Labute approximate surface area is 82.5 Å². The van der Waals surface area contributed by atoms with Gasteiger partial charge in [-0.05, 0) is 25.2 Å². The molecule has 1 rings (SSSR count). The zero-order valence-electron chi connectivity index (χ0n) is 8.16.